The molecule has 12 heteroatoms. The number of hydrogen-bond acceptors (Lipinski definition) is 7. The molecule has 1 aromatic carbocycles. The Morgan fingerprint density at radius 1 is 1.00 bits per heavy atom. The first kappa shape index (κ1) is 32.9. The number of nitrogens with two attached hydrogens (primary N) is 1. The zero-order chi connectivity index (χ0) is 32.4. The first-order chi connectivity index (χ1) is 22.2. The van der Waals surface area contributed by atoms with E-state index in [-0.39, 0.29) is 24.4 Å². The topological polar surface area (TPSA) is 111 Å². The number of likely N-dealkylation sites (tertiary alicyclic amines) is 3. The van der Waals surface area contributed by atoms with Gasteiger partial charge in [0.1, 0.15) is 0 Å². The van der Waals surface area contributed by atoms with E-state index in [4.69, 9.17) is 22.1 Å². The van der Waals surface area contributed by atoms with Gasteiger partial charge >= 0.3 is 12.1 Å². The Balaban J connectivity index is 1.10. The van der Waals surface area contributed by atoms with Gasteiger partial charge in [0.25, 0.3) is 5.91 Å². The first-order valence-electron chi connectivity index (χ1n) is 16.8. The molecule has 3 saturated heterocycles. The summed E-state index contributed by atoms with van der Waals surface area (Å²) in [6.07, 6.45) is 5.22. The number of rotatable bonds is 7. The number of amides is 4. The molecule has 6 rings (SSSR count). The molecular formula is C34H47ClN6O4S. The van der Waals surface area contributed by atoms with E-state index in [9.17, 15) is 14.4 Å². The summed E-state index contributed by atoms with van der Waals surface area (Å²) in [5.74, 6) is 1.21. The largest absolute Gasteiger partial charge is 0.436 e. The molecule has 0 unspecified atom stereocenters. The van der Waals surface area contributed by atoms with E-state index in [0.29, 0.717) is 68.6 Å². The van der Waals surface area contributed by atoms with Crippen molar-refractivity contribution in [3.63, 3.8) is 0 Å². The molecule has 2 aromatic rings. The summed E-state index contributed by atoms with van der Waals surface area (Å²) in [4.78, 5) is 48.2. The van der Waals surface area contributed by atoms with Crippen molar-refractivity contribution in [2.75, 3.05) is 57.4 Å². The zero-order valence-corrected chi connectivity index (χ0v) is 28.6. The highest BCUT2D eigenvalue weighted by Crippen LogP contribution is 2.34. The number of thiophene rings is 1. The van der Waals surface area contributed by atoms with Crippen LogP contribution in [0.3, 0.4) is 0 Å². The number of carbonyl (C=O) groups is 3. The van der Waals surface area contributed by atoms with Gasteiger partial charge in [-0.3, -0.25) is 4.79 Å². The number of anilines is 2. The summed E-state index contributed by atoms with van der Waals surface area (Å²) < 4.78 is 6.07. The van der Waals surface area contributed by atoms with E-state index in [1.807, 2.05) is 28.2 Å². The van der Waals surface area contributed by atoms with Crippen LogP contribution in [0.25, 0.3) is 0 Å². The second-order valence-electron chi connectivity index (χ2n) is 13.5. The highest BCUT2D eigenvalue weighted by Gasteiger charge is 2.37. The molecule has 4 amide bonds. The van der Waals surface area contributed by atoms with Crippen molar-refractivity contribution in [1.82, 2.24) is 19.6 Å². The molecule has 46 heavy (non-hydrogen) atoms. The number of fused-ring (bicyclic) bond motifs is 1. The van der Waals surface area contributed by atoms with E-state index in [0.717, 1.165) is 54.2 Å². The van der Waals surface area contributed by atoms with Crippen LogP contribution in [0.5, 0.6) is 0 Å². The average Bonchev–Trinajstić information content (AvgIpc) is 3.53. The van der Waals surface area contributed by atoms with Crippen LogP contribution in [-0.2, 0) is 28.9 Å². The first-order valence-corrected chi connectivity index (χ1v) is 18.1. The number of ether oxygens (including phenoxy) is 1. The average molecular weight is 671 g/mol. The van der Waals surface area contributed by atoms with Crippen LogP contribution in [0.15, 0.2) is 22.9 Å². The summed E-state index contributed by atoms with van der Waals surface area (Å²) in [6.45, 7) is 7.16. The lowest BCUT2D eigenvalue weighted by molar-refractivity contribution is -0.142. The summed E-state index contributed by atoms with van der Waals surface area (Å²) in [5.41, 5.74) is 10.5. The summed E-state index contributed by atoms with van der Waals surface area (Å²) in [5, 5.41) is 7.46. The summed E-state index contributed by atoms with van der Waals surface area (Å²) in [7, 11) is 2.19. The van der Waals surface area contributed by atoms with Gasteiger partial charge in [0.2, 0.25) is 0 Å². The molecule has 0 radical (unpaired) electrons. The molecule has 10 nitrogen and oxygen atoms in total. The number of nitrogens with one attached hydrogen (secondary N) is 1. The van der Waals surface area contributed by atoms with Crippen LogP contribution < -0.4 is 11.1 Å². The number of carbonyl (C=O) groups excluding carboxylic acids is 3. The smallest absolute Gasteiger partial charge is 0.410 e. The maximum atomic E-state index is 14.0. The van der Waals surface area contributed by atoms with Gasteiger partial charge in [0, 0.05) is 49.6 Å². The Morgan fingerprint density at radius 3 is 2.33 bits per heavy atom. The molecule has 0 bridgehead atoms. The van der Waals surface area contributed by atoms with E-state index < -0.39 is 12.2 Å². The molecular weight excluding hydrogens is 624 g/mol. The standard InChI is InChI=1S/C34H47ClN6O4S/c1-3-23-16-22(17-28(35)31(23)36)18-30(32(42)39-12-6-25(7-13-39)24-4-10-38(2)11-5-24)45-34(44)40-14-8-27(9-15-40)41-19-26-20-46-21-29(26)37-33(41)43/h16-17,20-21,24-25,27,30H,3-15,18-19,36H2,1-2H3,(H,37,43)/t30-/m1/s1. The minimum Gasteiger partial charge on any atom is -0.436 e. The maximum absolute atomic E-state index is 14.0. The number of benzene rings is 1. The lowest BCUT2D eigenvalue weighted by Crippen LogP contribution is -2.52. The van der Waals surface area contributed by atoms with Crippen LogP contribution in [0.1, 0.15) is 62.1 Å². The van der Waals surface area contributed by atoms with Gasteiger partial charge in [-0.25, -0.2) is 9.59 Å². The Morgan fingerprint density at radius 2 is 1.65 bits per heavy atom. The minimum absolute atomic E-state index is 0.0322. The van der Waals surface area contributed by atoms with E-state index >= 15 is 0 Å². The molecule has 0 saturated carbocycles. The fourth-order valence-corrected chi connectivity index (χ4v) is 8.73. The van der Waals surface area contributed by atoms with E-state index in [1.165, 1.54) is 12.8 Å². The highest BCUT2D eigenvalue weighted by atomic mass is 35.5. The molecule has 0 aliphatic carbocycles. The fourth-order valence-electron chi connectivity index (χ4n) is 7.68. The predicted molar refractivity (Wildman–Crippen MR) is 182 cm³/mol. The number of aryl methyl sites for hydroxylation is 1. The number of hydrogen-bond donors (Lipinski definition) is 2. The quantitative estimate of drug-likeness (QED) is 0.367. The number of nitrogen functional groups attached to an aromatic ring is 1. The molecule has 0 spiro atoms. The highest BCUT2D eigenvalue weighted by molar-refractivity contribution is 7.08. The molecule has 4 aliphatic rings. The monoisotopic (exact) mass is 670 g/mol. The SMILES string of the molecule is CCc1cc(C[C@@H](OC(=O)N2CCC(N3Cc4cscc4NC3=O)CC2)C(=O)N2CCC(C3CCN(C)CC3)CC2)cc(Cl)c1N. The van der Waals surface area contributed by atoms with Crippen molar-refractivity contribution in [3.8, 4) is 0 Å². The number of nitrogens with zero attached hydrogens (tertiary/aromatic N) is 4. The molecule has 1 aromatic heterocycles. The Kier molecular flexibility index (Phi) is 10.3. The van der Waals surface area contributed by atoms with Gasteiger partial charge in [0.15, 0.2) is 6.10 Å². The summed E-state index contributed by atoms with van der Waals surface area (Å²) in [6, 6.07) is 3.69. The van der Waals surface area contributed by atoms with E-state index in [2.05, 4.69) is 22.6 Å². The Hall–Kier alpha value is -3.02. The second kappa shape index (κ2) is 14.4. The second-order valence-corrected chi connectivity index (χ2v) is 14.6. The zero-order valence-electron chi connectivity index (χ0n) is 27.0. The third-order valence-corrected chi connectivity index (χ3v) is 11.7. The lowest BCUT2D eigenvalue weighted by Gasteiger charge is -2.41. The molecule has 4 aliphatic heterocycles. The molecule has 3 fully saturated rings. The lowest BCUT2D eigenvalue weighted by atomic mass is 9.79. The van der Waals surface area contributed by atoms with Gasteiger partial charge in [-0.1, -0.05) is 24.6 Å². The van der Waals surface area contributed by atoms with Crippen molar-refractivity contribution in [1.29, 1.82) is 0 Å². The molecule has 1 atom stereocenters. The van der Waals surface area contributed by atoms with E-state index in [1.54, 1.807) is 22.3 Å². The minimum atomic E-state index is -0.959. The number of halogens is 1. The maximum Gasteiger partial charge on any atom is 0.410 e. The normalized spacial score (nSPS) is 21.2. The van der Waals surface area contributed by atoms with Gasteiger partial charge in [0.05, 0.1) is 22.9 Å². The van der Waals surface area contributed by atoms with Crippen LogP contribution >= 0.6 is 22.9 Å². The number of urea groups is 1. The van der Waals surface area contributed by atoms with Gasteiger partial charge in [-0.05, 0) is 99.5 Å². The third kappa shape index (κ3) is 7.26. The molecule has 250 valence electrons. The Labute approximate surface area is 281 Å². The van der Waals surface area contributed by atoms with Crippen LogP contribution in [0, 0.1) is 11.8 Å². The van der Waals surface area contributed by atoms with Crippen molar-refractivity contribution in [2.24, 2.45) is 11.8 Å². The Bertz CT molecular complexity index is 1410. The number of piperidine rings is 3. The molecule has 3 N–H and O–H groups in total. The third-order valence-electron chi connectivity index (χ3n) is 10.6. The van der Waals surface area contributed by atoms with Gasteiger partial charge < -0.3 is 35.4 Å². The van der Waals surface area contributed by atoms with Crippen molar-refractivity contribution in [2.45, 2.75) is 77.0 Å². The van der Waals surface area contributed by atoms with Crippen molar-refractivity contribution < 1.29 is 19.1 Å². The summed E-state index contributed by atoms with van der Waals surface area (Å²) >= 11 is 8.06. The predicted octanol–water partition coefficient (Wildman–Crippen LogP) is 5.69. The molecule has 5 heterocycles. The van der Waals surface area contributed by atoms with Gasteiger partial charge in [-0.15, -0.1) is 11.3 Å². The van der Waals surface area contributed by atoms with Crippen molar-refractivity contribution >= 4 is 52.3 Å². The van der Waals surface area contributed by atoms with Crippen LogP contribution in [0.4, 0.5) is 21.0 Å². The fraction of sp³-hybridized carbons (Fsp3) is 0.618. The van der Waals surface area contributed by atoms with Crippen LogP contribution in [0.2, 0.25) is 5.02 Å². The van der Waals surface area contributed by atoms with Gasteiger partial charge in [-0.2, -0.15) is 0 Å². The van der Waals surface area contributed by atoms with Crippen molar-refractivity contribution in [3.05, 3.63) is 44.6 Å². The van der Waals surface area contributed by atoms with Crippen LogP contribution in [-0.4, -0.2) is 96.1 Å².